The summed E-state index contributed by atoms with van der Waals surface area (Å²) in [5.74, 6) is 0.224. The first-order valence-electron chi connectivity index (χ1n) is 7.53. The average molecular weight is 367 g/mol. The van der Waals surface area contributed by atoms with Gasteiger partial charge in [0.25, 0.3) is 15.9 Å². The molecule has 0 radical (unpaired) electrons. The van der Waals surface area contributed by atoms with Crippen LogP contribution in [0.4, 0.5) is 10.8 Å². The van der Waals surface area contributed by atoms with Crippen molar-refractivity contribution >= 4 is 38.1 Å². The highest BCUT2D eigenvalue weighted by molar-refractivity contribution is 7.93. The smallest absolute Gasteiger partial charge is 0.265 e. The molecule has 0 saturated carbocycles. The number of carbonyl (C=O) groups is 1. The quantitative estimate of drug-likeness (QED) is 0.818. The molecular weight excluding hydrogens is 350 g/mol. The van der Waals surface area contributed by atoms with Crippen LogP contribution in [0, 0.1) is 0 Å². The van der Waals surface area contributed by atoms with E-state index < -0.39 is 16.1 Å². The number of hydrogen-bond donors (Lipinski definition) is 2. The number of sulfonamides is 1. The molecule has 1 aliphatic heterocycles. The Bertz CT molecular complexity index is 834. The van der Waals surface area contributed by atoms with Crippen LogP contribution >= 0.6 is 11.3 Å². The van der Waals surface area contributed by atoms with E-state index in [4.69, 9.17) is 4.74 Å². The van der Waals surface area contributed by atoms with Gasteiger partial charge in [-0.1, -0.05) is 13.3 Å². The lowest BCUT2D eigenvalue weighted by Gasteiger charge is -2.26. The van der Waals surface area contributed by atoms with Crippen molar-refractivity contribution in [2.45, 2.75) is 37.2 Å². The lowest BCUT2D eigenvalue weighted by atomic mass is 10.1. The van der Waals surface area contributed by atoms with Crippen molar-refractivity contribution in [3.8, 4) is 5.75 Å². The van der Waals surface area contributed by atoms with Gasteiger partial charge in [0.1, 0.15) is 5.75 Å². The average Bonchev–Trinajstić information content (AvgIpc) is 3.04. The van der Waals surface area contributed by atoms with Gasteiger partial charge in [0.15, 0.2) is 11.2 Å². The van der Waals surface area contributed by atoms with Crippen molar-refractivity contribution in [3.05, 3.63) is 29.8 Å². The molecule has 0 spiro atoms. The molecule has 7 nitrogen and oxygen atoms in total. The Balaban J connectivity index is 1.82. The normalized spacial score (nSPS) is 16.9. The number of nitrogens with one attached hydrogen (secondary N) is 2. The third-order valence-electron chi connectivity index (χ3n) is 3.55. The van der Waals surface area contributed by atoms with E-state index in [1.165, 1.54) is 29.7 Å². The van der Waals surface area contributed by atoms with Gasteiger partial charge in [-0.2, -0.15) is 0 Å². The first-order valence-corrected chi connectivity index (χ1v) is 9.90. The number of aromatic nitrogens is 1. The molecule has 2 heterocycles. The first kappa shape index (κ1) is 16.7. The Morgan fingerprint density at radius 3 is 2.96 bits per heavy atom. The molecule has 2 N–H and O–H groups in total. The molecule has 9 heteroatoms. The fraction of sp³-hybridized carbons (Fsp3) is 0.333. The summed E-state index contributed by atoms with van der Waals surface area (Å²) >= 11 is 1.19. The Hall–Kier alpha value is -2.13. The number of thiazole rings is 1. The molecule has 1 amide bonds. The highest BCUT2D eigenvalue weighted by Gasteiger charge is 2.28. The van der Waals surface area contributed by atoms with Crippen molar-refractivity contribution in [2.75, 3.05) is 10.0 Å². The molecule has 1 aromatic carbocycles. The van der Waals surface area contributed by atoms with Crippen LogP contribution in [0.5, 0.6) is 5.75 Å². The summed E-state index contributed by atoms with van der Waals surface area (Å²) in [6, 6.07) is 4.40. The molecule has 0 saturated heterocycles. The molecule has 0 aliphatic carbocycles. The molecule has 2 aromatic rings. The van der Waals surface area contributed by atoms with Crippen LogP contribution in [-0.4, -0.2) is 25.4 Å². The molecule has 1 aromatic heterocycles. The summed E-state index contributed by atoms with van der Waals surface area (Å²) in [6.07, 6.45) is 3.47. The van der Waals surface area contributed by atoms with Gasteiger partial charge in [0.05, 0.1) is 10.6 Å². The van der Waals surface area contributed by atoms with Crippen LogP contribution in [-0.2, 0) is 14.8 Å². The topological polar surface area (TPSA) is 97.4 Å². The Morgan fingerprint density at radius 2 is 2.25 bits per heavy atom. The molecule has 1 atom stereocenters. The molecule has 0 bridgehead atoms. The van der Waals surface area contributed by atoms with Gasteiger partial charge >= 0.3 is 0 Å². The molecular formula is C15H17N3O4S2. The van der Waals surface area contributed by atoms with Gasteiger partial charge in [-0.25, -0.2) is 13.4 Å². The standard InChI is InChI=1S/C15H17N3O4S2/c1-2-3-4-13-14(19)17-11-9-10(5-6-12(11)22-13)24(20,21)18-15-16-7-8-23-15/h5-9,13H,2-4H2,1H3,(H,16,18)(H,17,19). The predicted molar refractivity (Wildman–Crippen MR) is 91.9 cm³/mol. The number of unbranched alkanes of at least 4 members (excludes halogenated alkanes) is 1. The zero-order chi connectivity index (χ0) is 17.2. The predicted octanol–water partition coefficient (Wildman–Crippen LogP) is 2.83. The van der Waals surface area contributed by atoms with E-state index in [1.807, 2.05) is 6.92 Å². The van der Waals surface area contributed by atoms with Gasteiger partial charge < -0.3 is 10.1 Å². The fourth-order valence-corrected chi connectivity index (χ4v) is 4.14. The largest absolute Gasteiger partial charge is 0.478 e. The number of rotatable bonds is 6. The zero-order valence-electron chi connectivity index (χ0n) is 13.0. The third kappa shape index (κ3) is 3.51. The van der Waals surface area contributed by atoms with E-state index in [2.05, 4.69) is 15.0 Å². The van der Waals surface area contributed by atoms with Crippen LogP contribution in [0.3, 0.4) is 0 Å². The van der Waals surface area contributed by atoms with Crippen molar-refractivity contribution in [2.24, 2.45) is 0 Å². The minimum absolute atomic E-state index is 0.0346. The van der Waals surface area contributed by atoms with Gasteiger partial charge in [-0.3, -0.25) is 9.52 Å². The number of anilines is 2. The highest BCUT2D eigenvalue weighted by atomic mass is 32.2. The van der Waals surface area contributed by atoms with E-state index in [9.17, 15) is 13.2 Å². The second kappa shape index (κ2) is 6.78. The molecule has 128 valence electrons. The van der Waals surface area contributed by atoms with Crippen LogP contribution in [0.1, 0.15) is 26.2 Å². The Labute approximate surface area is 144 Å². The van der Waals surface area contributed by atoms with Crippen molar-refractivity contribution in [1.82, 2.24) is 4.98 Å². The number of hydrogen-bond acceptors (Lipinski definition) is 6. The molecule has 0 fully saturated rings. The summed E-state index contributed by atoms with van der Waals surface area (Å²) in [5.41, 5.74) is 0.356. The molecule has 1 aliphatic rings. The maximum Gasteiger partial charge on any atom is 0.265 e. The number of ether oxygens (including phenoxy) is 1. The zero-order valence-corrected chi connectivity index (χ0v) is 14.6. The summed E-state index contributed by atoms with van der Waals surface area (Å²) < 4.78 is 32.8. The number of fused-ring (bicyclic) bond motifs is 1. The van der Waals surface area contributed by atoms with E-state index in [-0.39, 0.29) is 15.9 Å². The van der Waals surface area contributed by atoms with Crippen molar-refractivity contribution < 1.29 is 17.9 Å². The van der Waals surface area contributed by atoms with E-state index in [0.29, 0.717) is 17.9 Å². The number of nitrogens with zero attached hydrogens (tertiary/aromatic N) is 1. The van der Waals surface area contributed by atoms with Gasteiger partial charge in [-0.15, -0.1) is 11.3 Å². The maximum absolute atomic E-state index is 12.4. The SMILES string of the molecule is CCCCC1Oc2ccc(S(=O)(=O)Nc3nccs3)cc2NC1=O. The van der Waals surface area contributed by atoms with Crippen molar-refractivity contribution in [1.29, 1.82) is 0 Å². The van der Waals surface area contributed by atoms with Crippen LogP contribution in [0.25, 0.3) is 0 Å². The van der Waals surface area contributed by atoms with Gasteiger partial charge in [0.2, 0.25) is 0 Å². The lowest BCUT2D eigenvalue weighted by molar-refractivity contribution is -0.123. The minimum Gasteiger partial charge on any atom is -0.478 e. The Kier molecular flexibility index (Phi) is 4.72. The van der Waals surface area contributed by atoms with Gasteiger partial charge in [0, 0.05) is 11.6 Å². The maximum atomic E-state index is 12.4. The summed E-state index contributed by atoms with van der Waals surface area (Å²) in [4.78, 5) is 16.0. The molecule has 24 heavy (non-hydrogen) atoms. The fourth-order valence-electron chi connectivity index (χ4n) is 2.32. The number of benzene rings is 1. The number of amides is 1. The highest BCUT2D eigenvalue weighted by Crippen LogP contribution is 2.33. The third-order valence-corrected chi connectivity index (χ3v) is 5.71. The van der Waals surface area contributed by atoms with E-state index in [1.54, 1.807) is 11.4 Å². The monoisotopic (exact) mass is 367 g/mol. The van der Waals surface area contributed by atoms with Crippen molar-refractivity contribution in [3.63, 3.8) is 0 Å². The first-order chi connectivity index (χ1) is 11.5. The summed E-state index contributed by atoms with van der Waals surface area (Å²) in [6.45, 7) is 2.04. The van der Waals surface area contributed by atoms with Gasteiger partial charge in [-0.05, 0) is 31.0 Å². The molecule has 3 rings (SSSR count). The molecule has 1 unspecified atom stereocenters. The minimum atomic E-state index is -3.77. The van der Waals surface area contributed by atoms with Crippen LogP contribution < -0.4 is 14.8 Å². The van der Waals surface area contributed by atoms with Crippen LogP contribution in [0.15, 0.2) is 34.7 Å². The second-order valence-corrected chi connectivity index (χ2v) is 7.92. The van der Waals surface area contributed by atoms with E-state index >= 15 is 0 Å². The lowest BCUT2D eigenvalue weighted by Crippen LogP contribution is -2.37. The summed E-state index contributed by atoms with van der Waals surface area (Å²) in [5, 5.41) is 4.68. The van der Waals surface area contributed by atoms with E-state index in [0.717, 1.165) is 12.8 Å². The number of carbonyl (C=O) groups excluding carboxylic acids is 1. The second-order valence-electron chi connectivity index (χ2n) is 5.34. The Morgan fingerprint density at radius 1 is 1.42 bits per heavy atom. The van der Waals surface area contributed by atoms with Crippen LogP contribution in [0.2, 0.25) is 0 Å². The summed E-state index contributed by atoms with van der Waals surface area (Å²) in [7, 11) is -3.77.